The van der Waals surface area contributed by atoms with Crippen molar-refractivity contribution in [2.45, 2.75) is 13.0 Å². The first-order valence-electron chi connectivity index (χ1n) is 5.20. The van der Waals surface area contributed by atoms with Gasteiger partial charge in [0.25, 0.3) is 0 Å². The van der Waals surface area contributed by atoms with Gasteiger partial charge in [0.15, 0.2) is 6.10 Å². The molecule has 0 aliphatic carbocycles. The number of nitrogens with two attached hydrogens (primary N) is 1. The molecule has 1 unspecified atom stereocenters. The molecular formula is C11H14N2O5. The first-order valence-corrected chi connectivity index (χ1v) is 5.20. The number of nitrogen functional groups attached to an aromatic ring is 1. The van der Waals surface area contributed by atoms with Crippen molar-refractivity contribution in [3.63, 3.8) is 0 Å². The number of aliphatic hydroxyl groups excluding tert-OH is 1. The summed E-state index contributed by atoms with van der Waals surface area (Å²) in [4.78, 5) is 22.4. The molecule has 5 N–H and O–H groups in total. The van der Waals surface area contributed by atoms with Gasteiger partial charge in [-0.1, -0.05) is 12.1 Å². The summed E-state index contributed by atoms with van der Waals surface area (Å²) in [6.45, 7) is 1.82. The van der Waals surface area contributed by atoms with E-state index in [1.807, 2.05) is 0 Å². The van der Waals surface area contributed by atoms with E-state index in [-0.39, 0.29) is 23.4 Å². The molecule has 0 aromatic heterocycles. The summed E-state index contributed by atoms with van der Waals surface area (Å²) in [5, 5.41) is 18.3. The number of carbonyl (C=O) groups is 2. The molecule has 0 bridgehead atoms. The van der Waals surface area contributed by atoms with Crippen molar-refractivity contribution in [3.05, 3.63) is 29.3 Å². The smallest absolute Gasteiger partial charge is 0.340 e. The molecule has 98 valence electrons. The normalized spacial score (nSPS) is 11.7. The Hall–Kier alpha value is -2.12. The number of carboxylic acids is 1. The Morgan fingerprint density at radius 3 is 2.67 bits per heavy atom. The molecular weight excluding hydrogens is 240 g/mol. The molecule has 1 aromatic carbocycles. The summed E-state index contributed by atoms with van der Waals surface area (Å²) >= 11 is 0. The first-order chi connectivity index (χ1) is 8.52. The fourth-order valence-electron chi connectivity index (χ4n) is 1.47. The highest BCUT2D eigenvalue weighted by Gasteiger charge is 2.23. The number of benzene rings is 1. The average Bonchev–Trinajstić information content (AvgIpc) is 2.36. The Balaban J connectivity index is 3.26. The molecule has 0 aliphatic rings. The van der Waals surface area contributed by atoms with Crippen LogP contribution in [0.3, 0.4) is 0 Å². The van der Waals surface area contributed by atoms with E-state index in [2.05, 4.69) is 5.43 Å². The number of esters is 1. The van der Waals surface area contributed by atoms with Gasteiger partial charge < -0.3 is 20.4 Å². The van der Waals surface area contributed by atoms with E-state index in [1.54, 1.807) is 6.92 Å². The van der Waals surface area contributed by atoms with Crippen LogP contribution in [0.15, 0.2) is 18.2 Å². The number of hydrogen-bond donors (Lipinski definition) is 4. The quantitative estimate of drug-likeness (QED) is 0.338. The number of aliphatic carboxylic acids is 1. The highest BCUT2D eigenvalue weighted by molar-refractivity contribution is 5.97. The number of aliphatic hydroxyl groups is 1. The number of hydrazine groups is 1. The molecule has 7 heteroatoms. The van der Waals surface area contributed by atoms with Crippen LogP contribution >= 0.6 is 0 Å². The number of ether oxygens (including phenoxy) is 1. The summed E-state index contributed by atoms with van der Waals surface area (Å²) in [5.41, 5.74) is 2.31. The van der Waals surface area contributed by atoms with E-state index in [9.17, 15) is 14.7 Å². The monoisotopic (exact) mass is 254 g/mol. The maximum absolute atomic E-state index is 11.6. The van der Waals surface area contributed by atoms with Crippen molar-refractivity contribution in [3.8, 4) is 0 Å². The Kier molecular flexibility index (Phi) is 4.64. The molecule has 0 radical (unpaired) electrons. The summed E-state index contributed by atoms with van der Waals surface area (Å²) in [6.07, 6.45) is -1.77. The number of carbonyl (C=O) groups excluding carboxylic acids is 1. The molecule has 18 heavy (non-hydrogen) atoms. The van der Waals surface area contributed by atoms with Crippen LogP contribution in [0.2, 0.25) is 0 Å². The molecule has 1 atom stereocenters. The summed E-state index contributed by atoms with van der Waals surface area (Å²) < 4.78 is 4.80. The number of hydrogen-bond acceptors (Lipinski definition) is 6. The van der Waals surface area contributed by atoms with Gasteiger partial charge in [0, 0.05) is 5.56 Å². The maximum atomic E-state index is 11.6. The van der Waals surface area contributed by atoms with Crippen LogP contribution in [0.25, 0.3) is 0 Å². The predicted octanol–water partition coefficient (Wildman–Crippen LogP) is 0.267. The molecule has 1 rings (SSSR count). The zero-order valence-corrected chi connectivity index (χ0v) is 9.71. The third-order valence-electron chi connectivity index (χ3n) is 2.26. The van der Waals surface area contributed by atoms with E-state index in [0.717, 1.165) is 0 Å². The number of anilines is 1. The van der Waals surface area contributed by atoms with Crippen molar-refractivity contribution in [2.75, 3.05) is 12.0 Å². The van der Waals surface area contributed by atoms with E-state index >= 15 is 0 Å². The van der Waals surface area contributed by atoms with Gasteiger partial charge in [-0.2, -0.15) is 0 Å². The maximum Gasteiger partial charge on any atom is 0.340 e. The molecule has 0 saturated heterocycles. The fourth-order valence-corrected chi connectivity index (χ4v) is 1.47. The molecule has 0 spiro atoms. The molecule has 7 nitrogen and oxygen atoms in total. The highest BCUT2D eigenvalue weighted by Crippen LogP contribution is 2.27. The van der Waals surface area contributed by atoms with Crippen molar-refractivity contribution in [2.24, 2.45) is 5.84 Å². The lowest BCUT2D eigenvalue weighted by Gasteiger charge is -2.15. The van der Waals surface area contributed by atoms with Crippen LogP contribution < -0.4 is 11.3 Å². The van der Waals surface area contributed by atoms with Gasteiger partial charge in [-0.3, -0.25) is 5.84 Å². The third-order valence-corrected chi connectivity index (χ3v) is 2.26. The van der Waals surface area contributed by atoms with Gasteiger partial charge in [-0.25, -0.2) is 9.59 Å². The second kappa shape index (κ2) is 5.99. The van der Waals surface area contributed by atoms with Gasteiger partial charge in [0.05, 0.1) is 17.9 Å². The SMILES string of the molecule is CCOC(=O)c1cccc(C(O)C(=O)O)c1NN. The predicted molar refractivity (Wildman–Crippen MR) is 62.8 cm³/mol. The minimum atomic E-state index is -1.77. The van der Waals surface area contributed by atoms with Crippen LogP contribution in [0.5, 0.6) is 0 Å². The molecule has 0 heterocycles. The Labute approximate surface area is 103 Å². The van der Waals surface area contributed by atoms with Gasteiger partial charge in [-0.05, 0) is 13.0 Å². The summed E-state index contributed by atoms with van der Waals surface area (Å²) in [5.74, 6) is 3.18. The zero-order valence-electron chi connectivity index (χ0n) is 9.71. The Morgan fingerprint density at radius 1 is 1.50 bits per heavy atom. The van der Waals surface area contributed by atoms with E-state index in [1.165, 1.54) is 18.2 Å². The van der Waals surface area contributed by atoms with Crippen LogP contribution in [0.1, 0.15) is 28.9 Å². The molecule has 0 amide bonds. The first kappa shape index (κ1) is 13.9. The zero-order chi connectivity index (χ0) is 13.7. The van der Waals surface area contributed by atoms with Gasteiger partial charge >= 0.3 is 11.9 Å². The minimum Gasteiger partial charge on any atom is -0.479 e. The summed E-state index contributed by atoms with van der Waals surface area (Å²) in [6, 6.07) is 4.22. The van der Waals surface area contributed by atoms with Gasteiger partial charge in [0.1, 0.15) is 0 Å². The van der Waals surface area contributed by atoms with Gasteiger partial charge in [-0.15, -0.1) is 0 Å². The fraction of sp³-hybridized carbons (Fsp3) is 0.273. The van der Waals surface area contributed by atoms with E-state index in [4.69, 9.17) is 15.7 Å². The third kappa shape index (κ3) is 2.76. The number of rotatable bonds is 5. The Bertz CT molecular complexity index is 461. The van der Waals surface area contributed by atoms with Crippen molar-refractivity contribution >= 4 is 17.6 Å². The van der Waals surface area contributed by atoms with Crippen LogP contribution in [-0.4, -0.2) is 28.8 Å². The molecule has 0 fully saturated rings. The van der Waals surface area contributed by atoms with E-state index < -0.39 is 18.0 Å². The standard InChI is InChI=1S/C11H14N2O5/c1-2-18-11(17)7-5-3-4-6(8(7)13-12)9(14)10(15)16/h3-5,9,13-14H,2,12H2,1H3,(H,15,16). The molecule has 1 aromatic rings. The lowest BCUT2D eigenvalue weighted by molar-refractivity contribution is -0.146. The van der Waals surface area contributed by atoms with Crippen molar-refractivity contribution in [1.82, 2.24) is 0 Å². The second-order valence-corrected chi connectivity index (χ2v) is 3.38. The topological polar surface area (TPSA) is 122 Å². The lowest BCUT2D eigenvalue weighted by Crippen LogP contribution is -2.19. The largest absolute Gasteiger partial charge is 0.479 e. The minimum absolute atomic E-state index is 0.00412. The van der Waals surface area contributed by atoms with Crippen LogP contribution in [0, 0.1) is 0 Å². The van der Waals surface area contributed by atoms with Crippen LogP contribution in [-0.2, 0) is 9.53 Å². The lowest BCUT2D eigenvalue weighted by atomic mass is 10.0. The van der Waals surface area contributed by atoms with E-state index in [0.29, 0.717) is 0 Å². The second-order valence-electron chi connectivity index (χ2n) is 3.38. The summed E-state index contributed by atoms with van der Waals surface area (Å²) in [7, 11) is 0. The Morgan fingerprint density at radius 2 is 2.17 bits per heavy atom. The van der Waals surface area contributed by atoms with Crippen LogP contribution in [0.4, 0.5) is 5.69 Å². The highest BCUT2D eigenvalue weighted by atomic mass is 16.5. The molecule has 0 aliphatic heterocycles. The number of nitrogens with one attached hydrogen (secondary N) is 1. The van der Waals surface area contributed by atoms with Crippen molar-refractivity contribution in [1.29, 1.82) is 0 Å². The van der Waals surface area contributed by atoms with Crippen molar-refractivity contribution < 1.29 is 24.5 Å². The molecule has 0 saturated carbocycles. The average molecular weight is 254 g/mol. The van der Waals surface area contributed by atoms with Gasteiger partial charge in [0.2, 0.25) is 0 Å². The number of carboxylic acid groups (broad SMARTS) is 1. The number of para-hydroxylation sites is 1.